The number of anilines is 1. The number of benzene rings is 2. The van der Waals surface area contributed by atoms with Crippen LogP contribution < -0.4 is 14.8 Å². The summed E-state index contributed by atoms with van der Waals surface area (Å²) in [5.74, 6) is 0.768. The Balaban J connectivity index is 1.68. The van der Waals surface area contributed by atoms with Crippen molar-refractivity contribution in [2.45, 2.75) is 19.9 Å². The highest BCUT2D eigenvalue weighted by atomic mass is 16.5. The minimum absolute atomic E-state index is 0.0554. The summed E-state index contributed by atoms with van der Waals surface area (Å²) in [5.41, 5.74) is 2.69. The number of carbonyl (C=O) groups is 1. The normalized spacial score (nSPS) is 10.8. The second kappa shape index (κ2) is 9.47. The second-order valence-corrected chi connectivity index (χ2v) is 6.46. The summed E-state index contributed by atoms with van der Waals surface area (Å²) in [6.45, 7) is 3.07. The molecular weight excluding hydrogens is 366 g/mol. The maximum atomic E-state index is 12.3. The molecule has 0 spiro atoms. The molecule has 1 aromatic heterocycles. The fourth-order valence-electron chi connectivity index (χ4n) is 3.09. The molecule has 0 saturated carbocycles. The van der Waals surface area contributed by atoms with Gasteiger partial charge in [-0.15, -0.1) is 0 Å². The predicted octanol–water partition coefficient (Wildman–Crippen LogP) is 4.61. The van der Waals surface area contributed by atoms with Gasteiger partial charge in [0, 0.05) is 35.4 Å². The van der Waals surface area contributed by atoms with Gasteiger partial charge in [0.15, 0.2) is 18.1 Å². The maximum Gasteiger partial charge on any atom is 0.248 e. The van der Waals surface area contributed by atoms with Gasteiger partial charge in [-0.2, -0.15) is 5.26 Å². The number of fused-ring (bicyclic) bond motifs is 1. The zero-order chi connectivity index (χ0) is 20.6. The Hall–Kier alpha value is -3.72. The molecule has 148 valence electrons. The summed E-state index contributed by atoms with van der Waals surface area (Å²) in [6.07, 6.45) is 6.31. The quantitative estimate of drug-likeness (QED) is 0.571. The fourth-order valence-corrected chi connectivity index (χ4v) is 3.09. The number of methoxy groups -OCH3 is 1. The number of nitrogens with zero attached hydrogens (tertiary/aromatic N) is 2. The maximum absolute atomic E-state index is 12.3. The van der Waals surface area contributed by atoms with E-state index in [1.165, 1.54) is 13.2 Å². The number of hydrogen-bond acceptors (Lipinski definition) is 4. The minimum atomic E-state index is -0.221. The van der Waals surface area contributed by atoms with Crippen LogP contribution >= 0.6 is 0 Å². The van der Waals surface area contributed by atoms with E-state index in [0.717, 1.165) is 35.1 Å². The van der Waals surface area contributed by atoms with Crippen molar-refractivity contribution in [3.05, 3.63) is 60.3 Å². The molecule has 0 fully saturated rings. The van der Waals surface area contributed by atoms with Gasteiger partial charge in [0.1, 0.15) is 6.07 Å². The van der Waals surface area contributed by atoms with Crippen LogP contribution in [0.5, 0.6) is 11.5 Å². The van der Waals surface area contributed by atoms with E-state index < -0.39 is 0 Å². The predicted molar refractivity (Wildman–Crippen MR) is 114 cm³/mol. The van der Waals surface area contributed by atoms with E-state index in [1.807, 2.05) is 24.3 Å². The van der Waals surface area contributed by atoms with Crippen LogP contribution in [0.1, 0.15) is 18.9 Å². The van der Waals surface area contributed by atoms with Crippen molar-refractivity contribution >= 4 is 28.6 Å². The Morgan fingerprint density at radius 2 is 2.07 bits per heavy atom. The smallest absolute Gasteiger partial charge is 0.248 e. The number of ether oxygens (including phenoxy) is 2. The zero-order valence-electron chi connectivity index (χ0n) is 16.5. The lowest BCUT2D eigenvalue weighted by atomic mass is 10.2. The summed E-state index contributed by atoms with van der Waals surface area (Å²) in [6, 6.07) is 15.1. The molecule has 0 aliphatic rings. The van der Waals surface area contributed by atoms with Gasteiger partial charge in [-0.1, -0.05) is 13.0 Å². The van der Waals surface area contributed by atoms with Crippen molar-refractivity contribution in [2.24, 2.45) is 0 Å². The molecule has 29 heavy (non-hydrogen) atoms. The third-order valence-corrected chi connectivity index (χ3v) is 4.41. The van der Waals surface area contributed by atoms with Gasteiger partial charge in [0.2, 0.25) is 5.91 Å². The lowest BCUT2D eigenvalue weighted by Crippen LogP contribution is -2.07. The highest BCUT2D eigenvalue weighted by Crippen LogP contribution is 2.28. The van der Waals surface area contributed by atoms with Crippen LogP contribution in [-0.2, 0) is 11.3 Å². The molecule has 0 bridgehead atoms. The van der Waals surface area contributed by atoms with Crippen LogP contribution in [0, 0.1) is 11.3 Å². The molecule has 6 heteroatoms. The minimum Gasteiger partial charge on any atom is -0.493 e. The van der Waals surface area contributed by atoms with Crippen molar-refractivity contribution in [2.75, 3.05) is 19.0 Å². The Morgan fingerprint density at radius 3 is 2.83 bits per heavy atom. The van der Waals surface area contributed by atoms with Crippen LogP contribution in [0.15, 0.2) is 54.7 Å². The molecule has 1 heterocycles. The van der Waals surface area contributed by atoms with E-state index in [4.69, 9.17) is 14.7 Å². The fraction of sp³-hybridized carbons (Fsp3) is 0.217. The molecule has 6 nitrogen and oxygen atoms in total. The Kier molecular flexibility index (Phi) is 6.54. The van der Waals surface area contributed by atoms with E-state index in [9.17, 15) is 4.79 Å². The van der Waals surface area contributed by atoms with Gasteiger partial charge in [0.25, 0.3) is 0 Å². The largest absolute Gasteiger partial charge is 0.493 e. The highest BCUT2D eigenvalue weighted by molar-refractivity contribution is 6.03. The summed E-state index contributed by atoms with van der Waals surface area (Å²) in [4.78, 5) is 12.3. The molecule has 2 aromatic carbocycles. The van der Waals surface area contributed by atoms with Gasteiger partial charge in [-0.05, 0) is 54.5 Å². The number of nitrogens with one attached hydrogen (secondary N) is 1. The Morgan fingerprint density at radius 1 is 1.21 bits per heavy atom. The SMILES string of the molecule is CCCn1ccc2cc(NC(=O)C=Cc3ccc(OCC#N)c(OC)c3)ccc21. The molecule has 0 radical (unpaired) electrons. The van der Waals surface area contributed by atoms with Gasteiger partial charge >= 0.3 is 0 Å². The third kappa shape index (κ3) is 4.96. The molecule has 1 N–H and O–H groups in total. The number of nitriles is 1. The van der Waals surface area contributed by atoms with Crippen LogP contribution in [0.2, 0.25) is 0 Å². The van der Waals surface area contributed by atoms with Gasteiger partial charge in [-0.25, -0.2) is 0 Å². The van der Waals surface area contributed by atoms with Crippen LogP contribution in [-0.4, -0.2) is 24.2 Å². The Labute approximate surface area is 170 Å². The molecule has 0 aliphatic carbocycles. The molecule has 1 amide bonds. The van der Waals surface area contributed by atoms with E-state index in [2.05, 4.69) is 29.1 Å². The lowest BCUT2D eigenvalue weighted by molar-refractivity contribution is -0.111. The average Bonchev–Trinajstić information content (AvgIpc) is 3.13. The number of hydrogen-bond donors (Lipinski definition) is 1. The second-order valence-electron chi connectivity index (χ2n) is 6.46. The first-order valence-corrected chi connectivity index (χ1v) is 9.40. The molecule has 0 atom stereocenters. The monoisotopic (exact) mass is 389 g/mol. The van der Waals surface area contributed by atoms with E-state index in [0.29, 0.717) is 11.5 Å². The number of aryl methyl sites for hydroxylation is 1. The molecule has 3 aromatic rings. The van der Waals surface area contributed by atoms with E-state index >= 15 is 0 Å². The summed E-state index contributed by atoms with van der Waals surface area (Å²) in [5, 5.41) is 12.6. The first kappa shape index (κ1) is 20.0. The molecule has 0 unspecified atom stereocenters. The first-order chi connectivity index (χ1) is 14.1. The summed E-state index contributed by atoms with van der Waals surface area (Å²) in [7, 11) is 1.53. The van der Waals surface area contributed by atoms with Crippen molar-refractivity contribution in [1.82, 2.24) is 4.57 Å². The number of carbonyl (C=O) groups excluding carboxylic acids is 1. The molecule has 0 aliphatic heterocycles. The standard InChI is InChI=1S/C23H23N3O3/c1-3-12-26-13-10-18-16-19(6-7-20(18)26)25-23(27)9-5-17-4-8-21(29-14-11-24)22(15-17)28-2/h4-10,13,15-16H,3,12,14H2,1-2H3,(H,25,27). The van der Waals surface area contributed by atoms with E-state index in [-0.39, 0.29) is 12.5 Å². The molecule has 3 rings (SSSR count). The van der Waals surface area contributed by atoms with Gasteiger partial charge < -0.3 is 19.4 Å². The van der Waals surface area contributed by atoms with Crippen LogP contribution in [0.4, 0.5) is 5.69 Å². The third-order valence-electron chi connectivity index (χ3n) is 4.41. The van der Waals surface area contributed by atoms with Gasteiger partial charge in [-0.3, -0.25) is 4.79 Å². The van der Waals surface area contributed by atoms with Crippen molar-refractivity contribution in [3.63, 3.8) is 0 Å². The topological polar surface area (TPSA) is 76.3 Å². The summed E-state index contributed by atoms with van der Waals surface area (Å²) >= 11 is 0. The first-order valence-electron chi connectivity index (χ1n) is 9.40. The summed E-state index contributed by atoms with van der Waals surface area (Å²) < 4.78 is 12.8. The van der Waals surface area contributed by atoms with Crippen LogP contribution in [0.3, 0.4) is 0 Å². The van der Waals surface area contributed by atoms with Crippen molar-refractivity contribution < 1.29 is 14.3 Å². The number of amides is 1. The highest BCUT2D eigenvalue weighted by Gasteiger charge is 2.06. The van der Waals surface area contributed by atoms with Crippen molar-refractivity contribution in [3.8, 4) is 17.6 Å². The average molecular weight is 389 g/mol. The van der Waals surface area contributed by atoms with Gasteiger partial charge in [0.05, 0.1) is 7.11 Å². The lowest BCUT2D eigenvalue weighted by Gasteiger charge is -2.09. The number of rotatable bonds is 8. The Bertz CT molecular complexity index is 1080. The van der Waals surface area contributed by atoms with Crippen LogP contribution in [0.25, 0.3) is 17.0 Å². The number of aromatic nitrogens is 1. The zero-order valence-corrected chi connectivity index (χ0v) is 16.5. The van der Waals surface area contributed by atoms with E-state index in [1.54, 1.807) is 24.3 Å². The molecule has 0 saturated heterocycles. The molecular formula is C23H23N3O3. The van der Waals surface area contributed by atoms with Crippen molar-refractivity contribution in [1.29, 1.82) is 5.26 Å².